The molecule has 182 valence electrons. The fraction of sp³-hybridized carbons (Fsp3) is 0.810. The number of ether oxygens (including phenoxy) is 2. The molecule has 1 saturated carbocycles. The molecule has 0 bridgehead atoms. The van der Waals surface area contributed by atoms with Gasteiger partial charge in [-0.2, -0.15) is 5.01 Å². The molecule has 1 atom stereocenters. The predicted octanol–water partition coefficient (Wildman–Crippen LogP) is 2.94. The van der Waals surface area contributed by atoms with Gasteiger partial charge in [0.25, 0.3) is 11.5 Å². The molecule has 11 heteroatoms. The Morgan fingerprint density at radius 3 is 2.53 bits per heavy atom. The molecule has 0 aromatic carbocycles. The number of amides is 3. The summed E-state index contributed by atoms with van der Waals surface area (Å²) >= 11 is 1.36. The largest absolute Gasteiger partial charge is 0.453 e. The van der Waals surface area contributed by atoms with Crippen LogP contribution < -0.4 is 10.6 Å². The van der Waals surface area contributed by atoms with E-state index in [1.165, 1.54) is 18.9 Å². The van der Waals surface area contributed by atoms with Crippen molar-refractivity contribution in [3.8, 4) is 0 Å². The van der Waals surface area contributed by atoms with Crippen LogP contribution in [-0.2, 0) is 14.3 Å². The first-order valence-electron chi connectivity index (χ1n) is 11.2. The van der Waals surface area contributed by atoms with Gasteiger partial charge in [-0.15, -0.1) is 5.10 Å². The number of hydrogen-bond donors (Lipinski definition) is 2. The number of thioether (sulfide) groups is 1. The molecule has 32 heavy (non-hydrogen) atoms. The van der Waals surface area contributed by atoms with Crippen LogP contribution in [0.15, 0.2) is 5.10 Å². The van der Waals surface area contributed by atoms with Gasteiger partial charge in [-0.1, -0.05) is 32.0 Å². The number of urea groups is 1. The summed E-state index contributed by atoms with van der Waals surface area (Å²) < 4.78 is 10.5. The quantitative estimate of drug-likeness (QED) is 0.497. The Kier molecular flexibility index (Phi) is 10.1. The Hall–Kier alpha value is -2.01. The van der Waals surface area contributed by atoms with E-state index in [1.807, 2.05) is 32.8 Å². The number of alkyl carbamates (subject to hydrolysis) is 1. The van der Waals surface area contributed by atoms with Crippen molar-refractivity contribution >= 4 is 34.9 Å². The molecule has 0 spiro atoms. The summed E-state index contributed by atoms with van der Waals surface area (Å²) in [7, 11) is 5.22. The minimum absolute atomic E-state index is 0.195. The average Bonchev–Trinajstić information content (AvgIpc) is 3.16. The number of nitrogens with zero attached hydrogens (tertiary/aromatic N) is 3. The lowest BCUT2D eigenvalue weighted by molar-refractivity contribution is -0.131. The first-order chi connectivity index (χ1) is 15.2. The van der Waals surface area contributed by atoms with E-state index in [4.69, 9.17) is 9.47 Å². The van der Waals surface area contributed by atoms with Crippen molar-refractivity contribution in [1.29, 1.82) is 0 Å². The lowest BCUT2D eigenvalue weighted by Crippen LogP contribution is -2.63. The van der Waals surface area contributed by atoms with Crippen LogP contribution >= 0.6 is 11.8 Å². The van der Waals surface area contributed by atoms with Crippen molar-refractivity contribution in [2.24, 2.45) is 11.0 Å². The zero-order valence-electron chi connectivity index (χ0n) is 19.8. The Morgan fingerprint density at radius 2 is 1.94 bits per heavy atom. The molecule has 1 heterocycles. The van der Waals surface area contributed by atoms with Gasteiger partial charge in [0.1, 0.15) is 5.66 Å². The Labute approximate surface area is 194 Å². The molecule has 2 N–H and O–H groups in total. The van der Waals surface area contributed by atoms with Gasteiger partial charge >= 0.3 is 12.1 Å². The van der Waals surface area contributed by atoms with Gasteiger partial charge in [0.05, 0.1) is 7.11 Å². The van der Waals surface area contributed by atoms with Crippen molar-refractivity contribution in [1.82, 2.24) is 20.5 Å². The summed E-state index contributed by atoms with van der Waals surface area (Å²) in [6.07, 6.45) is 3.15. The molecule has 1 fully saturated rings. The van der Waals surface area contributed by atoms with E-state index in [2.05, 4.69) is 15.7 Å². The van der Waals surface area contributed by atoms with Gasteiger partial charge in [-0.25, -0.2) is 9.59 Å². The maximum atomic E-state index is 13.2. The fourth-order valence-corrected chi connectivity index (χ4v) is 4.48. The summed E-state index contributed by atoms with van der Waals surface area (Å²) in [5.41, 5.74) is -0.940. The van der Waals surface area contributed by atoms with E-state index in [-0.39, 0.29) is 5.78 Å². The summed E-state index contributed by atoms with van der Waals surface area (Å²) in [6, 6.07) is -0.575. The normalized spacial score (nSPS) is 20.0. The maximum Gasteiger partial charge on any atom is 0.408 e. The van der Waals surface area contributed by atoms with Crippen LogP contribution in [0.25, 0.3) is 0 Å². The van der Waals surface area contributed by atoms with E-state index < -0.39 is 24.0 Å². The number of carbonyl (C=O) groups excluding carboxylic acids is 3. The molecular weight excluding hydrogens is 434 g/mol. The van der Waals surface area contributed by atoms with Crippen LogP contribution in [0.4, 0.5) is 9.59 Å². The number of rotatable bonds is 9. The highest BCUT2D eigenvalue weighted by Gasteiger charge is 2.42. The molecule has 0 aromatic heterocycles. The number of hydrazone groups is 1. The molecule has 3 amide bonds. The van der Waals surface area contributed by atoms with Crippen molar-refractivity contribution in [3.63, 3.8) is 0 Å². The molecule has 1 unspecified atom stereocenters. The third-order valence-electron chi connectivity index (χ3n) is 5.42. The summed E-state index contributed by atoms with van der Waals surface area (Å²) in [5.74, 6) is 0.869. The smallest absolute Gasteiger partial charge is 0.408 e. The van der Waals surface area contributed by atoms with E-state index in [9.17, 15) is 14.4 Å². The second-order valence-corrected chi connectivity index (χ2v) is 9.97. The predicted molar refractivity (Wildman–Crippen MR) is 124 cm³/mol. The van der Waals surface area contributed by atoms with Gasteiger partial charge in [0, 0.05) is 18.7 Å². The number of carbonyl (C=O) groups is 3. The van der Waals surface area contributed by atoms with Crippen LogP contribution in [-0.4, -0.2) is 78.4 Å². The first-order valence-corrected chi connectivity index (χ1v) is 12.2. The zero-order valence-corrected chi connectivity index (χ0v) is 20.6. The van der Waals surface area contributed by atoms with Gasteiger partial charge < -0.3 is 19.7 Å². The molecule has 2 aliphatic rings. The summed E-state index contributed by atoms with van der Waals surface area (Å²) in [4.78, 5) is 40.1. The number of nitrogens with one attached hydrogen (secondary N) is 2. The summed E-state index contributed by atoms with van der Waals surface area (Å²) in [5, 5.41) is 11.4. The molecular formula is C21H37N5O5S. The van der Waals surface area contributed by atoms with E-state index in [0.29, 0.717) is 42.6 Å². The maximum absolute atomic E-state index is 13.2. The van der Waals surface area contributed by atoms with Gasteiger partial charge in [-0.3, -0.25) is 10.1 Å². The van der Waals surface area contributed by atoms with Crippen molar-refractivity contribution < 1.29 is 23.9 Å². The lowest BCUT2D eigenvalue weighted by Gasteiger charge is -2.38. The Balaban J connectivity index is 2.15. The van der Waals surface area contributed by atoms with Gasteiger partial charge in [0.2, 0.25) is 0 Å². The first kappa shape index (κ1) is 26.2. The molecule has 2 rings (SSSR count). The van der Waals surface area contributed by atoms with Gasteiger partial charge in [0.15, 0.2) is 5.78 Å². The van der Waals surface area contributed by atoms with Crippen LogP contribution in [0.2, 0.25) is 0 Å². The third-order valence-corrected chi connectivity index (χ3v) is 6.23. The number of ketones is 1. The van der Waals surface area contributed by atoms with Crippen LogP contribution in [0, 0.1) is 5.92 Å². The molecule has 0 radical (unpaired) electrons. The van der Waals surface area contributed by atoms with Crippen LogP contribution in [0.5, 0.6) is 0 Å². The highest BCUT2D eigenvalue weighted by atomic mass is 32.2. The molecule has 1 aliphatic carbocycles. The molecule has 10 nitrogen and oxygen atoms in total. The zero-order chi connectivity index (χ0) is 23.7. The van der Waals surface area contributed by atoms with E-state index in [0.717, 1.165) is 30.8 Å². The Morgan fingerprint density at radius 1 is 1.25 bits per heavy atom. The van der Waals surface area contributed by atoms with Crippen LogP contribution in [0.1, 0.15) is 58.8 Å². The molecule has 0 aromatic rings. The topological polar surface area (TPSA) is 113 Å². The van der Waals surface area contributed by atoms with Crippen LogP contribution in [0.3, 0.4) is 0 Å². The SMILES string of the molecule is COC(=O)NC1(NC(=O)N2N=C(SCCN(C)C)OC2C(=O)CCC(C)C)CCCCC1. The standard InChI is InChI=1S/C21H37N5O5S/c1-15(2)9-10-16(27)17-26(24-20(31-17)32-14-13-25(3)4)18(28)22-21(23-19(29)30-5)11-7-6-8-12-21/h15,17H,6-14H2,1-5H3,(H,22,28)(H,23,29). The van der Waals surface area contributed by atoms with E-state index >= 15 is 0 Å². The number of Topliss-reactive ketones (excluding diaryl/α,β-unsaturated/α-hetero) is 1. The highest BCUT2D eigenvalue weighted by Crippen LogP contribution is 2.28. The lowest BCUT2D eigenvalue weighted by atomic mass is 9.89. The highest BCUT2D eigenvalue weighted by molar-refractivity contribution is 8.13. The van der Waals surface area contributed by atoms with Crippen molar-refractivity contribution in [2.45, 2.75) is 70.7 Å². The summed E-state index contributed by atoms with van der Waals surface area (Å²) in [6.45, 7) is 4.88. The van der Waals surface area contributed by atoms with Crippen molar-refractivity contribution in [2.75, 3.05) is 33.5 Å². The second-order valence-electron chi connectivity index (χ2n) is 8.92. The third kappa shape index (κ3) is 7.84. The monoisotopic (exact) mass is 471 g/mol. The minimum atomic E-state index is -1.10. The number of methoxy groups -OCH3 is 1. The molecule has 0 saturated heterocycles. The molecule has 1 aliphatic heterocycles. The van der Waals surface area contributed by atoms with Crippen molar-refractivity contribution in [3.05, 3.63) is 0 Å². The Bertz CT molecular complexity index is 694. The second kappa shape index (κ2) is 12.3. The van der Waals surface area contributed by atoms with Gasteiger partial charge in [-0.05, 0) is 52.1 Å². The fourth-order valence-electron chi connectivity index (χ4n) is 3.54. The number of hydrogen-bond acceptors (Lipinski definition) is 8. The van der Waals surface area contributed by atoms with E-state index in [1.54, 1.807) is 0 Å². The average molecular weight is 472 g/mol. The minimum Gasteiger partial charge on any atom is -0.453 e.